The van der Waals surface area contributed by atoms with Crippen molar-refractivity contribution in [2.45, 2.75) is 6.10 Å². The van der Waals surface area contributed by atoms with E-state index in [2.05, 4.69) is 4.98 Å². The number of rotatable bonds is 4. The number of cyclic esters (lactones) is 1. The van der Waals surface area contributed by atoms with Crippen molar-refractivity contribution in [1.29, 1.82) is 0 Å². The van der Waals surface area contributed by atoms with Crippen molar-refractivity contribution in [3.05, 3.63) is 47.3 Å². The lowest BCUT2D eigenvalue weighted by Gasteiger charge is -2.17. The second-order valence-corrected chi connectivity index (χ2v) is 4.71. The molecular formula is C16H15NO5. The zero-order chi connectivity index (χ0) is 15.7. The van der Waals surface area contributed by atoms with Crippen LogP contribution in [0.1, 0.15) is 27.6 Å². The standard InChI is InChI=1S/C16H15NO5/c1-19-12-6-9(7-13(20-2)15(12)21-3)14-11-8-17-5-4-10(11)16(18)22-14/h4-8,14H,1-3H3. The molecule has 22 heavy (non-hydrogen) atoms. The minimum atomic E-state index is -0.537. The Balaban J connectivity index is 2.12. The number of pyridine rings is 1. The van der Waals surface area contributed by atoms with E-state index in [-0.39, 0.29) is 5.97 Å². The largest absolute Gasteiger partial charge is 0.493 e. The minimum Gasteiger partial charge on any atom is -0.493 e. The van der Waals surface area contributed by atoms with Crippen molar-refractivity contribution < 1.29 is 23.7 Å². The molecule has 0 radical (unpaired) electrons. The van der Waals surface area contributed by atoms with Crippen LogP contribution in [0.5, 0.6) is 17.2 Å². The highest BCUT2D eigenvalue weighted by Gasteiger charge is 2.33. The smallest absolute Gasteiger partial charge is 0.339 e. The van der Waals surface area contributed by atoms with E-state index in [1.165, 1.54) is 21.3 Å². The summed E-state index contributed by atoms with van der Waals surface area (Å²) in [5.74, 6) is 1.14. The minimum absolute atomic E-state index is 0.365. The molecule has 0 aliphatic carbocycles. The molecule has 1 aromatic heterocycles. The van der Waals surface area contributed by atoms with Crippen LogP contribution in [0, 0.1) is 0 Å². The van der Waals surface area contributed by atoms with Crippen molar-refractivity contribution in [3.8, 4) is 17.2 Å². The van der Waals surface area contributed by atoms with E-state index in [1.807, 2.05) is 0 Å². The first-order chi connectivity index (χ1) is 10.7. The van der Waals surface area contributed by atoms with E-state index < -0.39 is 6.10 Å². The molecule has 0 saturated carbocycles. The van der Waals surface area contributed by atoms with E-state index >= 15 is 0 Å². The van der Waals surface area contributed by atoms with Crippen molar-refractivity contribution in [2.75, 3.05) is 21.3 Å². The highest BCUT2D eigenvalue weighted by Crippen LogP contribution is 2.43. The third-order valence-corrected chi connectivity index (χ3v) is 3.57. The van der Waals surface area contributed by atoms with Gasteiger partial charge in [-0.3, -0.25) is 4.98 Å². The summed E-state index contributed by atoms with van der Waals surface area (Å²) in [4.78, 5) is 16.0. The van der Waals surface area contributed by atoms with E-state index in [9.17, 15) is 4.79 Å². The van der Waals surface area contributed by atoms with Gasteiger partial charge in [-0.1, -0.05) is 0 Å². The number of hydrogen-bond donors (Lipinski definition) is 0. The number of ether oxygens (including phenoxy) is 4. The number of nitrogens with zero attached hydrogens (tertiary/aromatic N) is 1. The Bertz CT molecular complexity index is 703. The fraction of sp³-hybridized carbons (Fsp3) is 0.250. The maximum Gasteiger partial charge on any atom is 0.339 e. The molecule has 6 nitrogen and oxygen atoms in total. The molecule has 6 heteroatoms. The molecule has 1 atom stereocenters. The van der Waals surface area contributed by atoms with E-state index in [1.54, 1.807) is 30.6 Å². The normalized spacial score (nSPS) is 16.0. The molecule has 3 rings (SSSR count). The first-order valence-corrected chi connectivity index (χ1v) is 6.64. The number of hydrogen-bond acceptors (Lipinski definition) is 6. The molecule has 0 spiro atoms. The molecule has 1 aromatic carbocycles. The molecule has 114 valence electrons. The summed E-state index contributed by atoms with van der Waals surface area (Å²) in [6.45, 7) is 0. The van der Waals surface area contributed by atoms with Gasteiger partial charge in [0.1, 0.15) is 0 Å². The average molecular weight is 301 g/mol. The molecule has 0 fully saturated rings. The zero-order valence-electron chi connectivity index (χ0n) is 12.5. The summed E-state index contributed by atoms with van der Waals surface area (Å²) in [5, 5.41) is 0. The predicted octanol–water partition coefficient (Wildman–Crippen LogP) is 2.37. The van der Waals surface area contributed by atoms with E-state index in [0.29, 0.717) is 22.8 Å². The van der Waals surface area contributed by atoms with E-state index in [4.69, 9.17) is 18.9 Å². The first kappa shape index (κ1) is 14.2. The summed E-state index contributed by atoms with van der Waals surface area (Å²) in [6, 6.07) is 5.18. The van der Waals surface area contributed by atoms with Crippen LogP contribution >= 0.6 is 0 Å². The molecule has 0 N–H and O–H groups in total. The highest BCUT2D eigenvalue weighted by atomic mass is 16.6. The van der Waals surface area contributed by atoms with Crippen LogP contribution in [0.15, 0.2) is 30.6 Å². The van der Waals surface area contributed by atoms with Gasteiger partial charge in [0, 0.05) is 23.5 Å². The van der Waals surface area contributed by atoms with Crippen LogP contribution in [0.3, 0.4) is 0 Å². The Morgan fingerprint density at radius 1 is 1.09 bits per heavy atom. The Morgan fingerprint density at radius 3 is 2.36 bits per heavy atom. The van der Waals surface area contributed by atoms with Gasteiger partial charge in [-0.25, -0.2) is 4.79 Å². The number of esters is 1. The zero-order valence-corrected chi connectivity index (χ0v) is 12.5. The number of aromatic nitrogens is 1. The molecule has 2 aromatic rings. The summed E-state index contributed by atoms with van der Waals surface area (Å²) in [6.07, 6.45) is 2.66. The highest BCUT2D eigenvalue weighted by molar-refractivity contribution is 5.94. The summed E-state index contributed by atoms with van der Waals surface area (Å²) >= 11 is 0. The van der Waals surface area contributed by atoms with E-state index in [0.717, 1.165) is 11.1 Å². The average Bonchev–Trinajstić information content (AvgIpc) is 2.90. The number of fused-ring (bicyclic) bond motifs is 1. The molecule has 0 bridgehead atoms. The van der Waals surface area contributed by atoms with Gasteiger partial charge in [0.15, 0.2) is 17.6 Å². The molecule has 2 heterocycles. The fourth-order valence-corrected chi connectivity index (χ4v) is 2.54. The van der Waals surface area contributed by atoms with Gasteiger partial charge < -0.3 is 18.9 Å². The van der Waals surface area contributed by atoms with Crippen molar-refractivity contribution in [1.82, 2.24) is 4.98 Å². The summed E-state index contributed by atoms with van der Waals surface area (Å²) in [7, 11) is 4.61. The van der Waals surface area contributed by atoms with Gasteiger partial charge in [0.05, 0.1) is 26.9 Å². The molecule has 1 aliphatic heterocycles. The van der Waals surface area contributed by atoms with Crippen LogP contribution in [0.2, 0.25) is 0 Å². The maximum atomic E-state index is 11.9. The summed E-state index contributed by atoms with van der Waals surface area (Å²) in [5.41, 5.74) is 1.98. The lowest BCUT2D eigenvalue weighted by molar-refractivity contribution is 0.0455. The number of methoxy groups -OCH3 is 3. The lowest BCUT2D eigenvalue weighted by atomic mass is 10.0. The maximum absolute atomic E-state index is 11.9. The molecular weight excluding hydrogens is 286 g/mol. The fourth-order valence-electron chi connectivity index (χ4n) is 2.54. The van der Waals surface area contributed by atoms with Crippen LogP contribution in [0.4, 0.5) is 0 Å². The third-order valence-electron chi connectivity index (χ3n) is 3.57. The quantitative estimate of drug-likeness (QED) is 0.808. The Hall–Kier alpha value is -2.76. The number of benzene rings is 1. The SMILES string of the molecule is COc1cc(C2OC(=O)c3ccncc32)cc(OC)c1OC. The number of carbonyl (C=O) groups excluding carboxylic acids is 1. The summed E-state index contributed by atoms with van der Waals surface area (Å²) < 4.78 is 21.4. The number of carbonyl (C=O) groups is 1. The Labute approximate surface area is 127 Å². The second kappa shape index (κ2) is 5.55. The van der Waals surface area contributed by atoms with Crippen molar-refractivity contribution in [2.24, 2.45) is 0 Å². The monoisotopic (exact) mass is 301 g/mol. The molecule has 1 aliphatic rings. The van der Waals surface area contributed by atoms with Gasteiger partial charge in [-0.2, -0.15) is 0 Å². The molecule has 0 amide bonds. The van der Waals surface area contributed by atoms with Crippen LogP contribution in [-0.4, -0.2) is 32.3 Å². The van der Waals surface area contributed by atoms with Crippen LogP contribution in [-0.2, 0) is 4.74 Å². The van der Waals surface area contributed by atoms with Crippen LogP contribution < -0.4 is 14.2 Å². The Kier molecular flexibility index (Phi) is 3.58. The van der Waals surface area contributed by atoms with Crippen molar-refractivity contribution in [3.63, 3.8) is 0 Å². The predicted molar refractivity (Wildman–Crippen MR) is 77.6 cm³/mol. The van der Waals surface area contributed by atoms with Crippen LogP contribution in [0.25, 0.3) is 0 Å². The van der Waals surface area contributed by atoms with Gasteiger partial charge in [0.25, 0.3) is 0 Å². The molecule has 0 saturated heterocycles. The lowest BCUT2D eigenvalue weighted by Crippen LogP contribution is -2.03. The second-order valence-electron chi connectivity index (χ2n) is 4.71. The first-order valence-electron chi connectivity index (χ1n) is 6.64. The topological polar surface area (TPSA) is 66.9 Å². The third kappa shape index (κ3) is 2.13. The van der Waals surface area contributed by atoms with Gasteiger partial charge in [-0.05, 0) is 18.2 Å². The Morgan fingerprint density at radius 2 is 1.77 bits per heavy atom. The molecule has 1 unspecified atom stereocenters. The van der Waals surface area contributed by atoms with Gasteiger partial charge >= 0.3 is 5.97 Å². The van der Waals surface area contributed by atoms with Gasteiger partial charge in [-0.15, -0.1) is 0 Å². The van der Waals surface area contributed by atoms with Gasteiger partial charge in [0.2, 0.25) is 5.75 Å². The van der Waals surface area contributed by atoms with Crippen molar-refractivity contribution >= 4 is 5.97 Å².